The Balaban J connectivity index is 2.19. The number of ether oxygens (including phenoxy) is 1. The van der Waals surface area contributed by atoms with Gasteiger partial charge in [0.05, 0.1) is 6.04 Å². The van der Waals surface area contributed by atoms with Gasteiger partial charge in [-0.2, -0.15) is 0 Å². The number of aryl methyl sites for hydroxylation is 1. The van der Waals surface area contributed by atoms with Gasteiger partial charge in [-0.15, -0.1) is 11.3 Å². The summed E-state index contributed by atoms with van der Waals surface area (Å²) in [5.41, 5.74) is 1.02. The van der Waals surface area contributed by atoms with Gasteiger partial charge in [-0.3, -0.25) is 10.1 Å². The number of carbonyl (C=O) groups excluding carboxylic acids is 1. The Kier molecular flexibility index (Phi) is 6.85. The lowest BCUT2D eigenvalue weighted by atomic mass is 10.3. The lowest BCUT2D eigenvalue weighted by Gasteiger charge is -2.13. The molecule has 1 unspecified atom stereocenters. The summed E-state index contributed by atoms with van der Waals surface area (Å²) in [5.74, 6) is 0.0133. The van der Waals surface area contributed by atoms with Crippen LogP contribution in [0.3, 0.4) is 0 Å². The average molecular weight is 271 g/mol. The number of aromatic nitrogens is 1. The van der Waals surface area contributed by atoms with Gasteiger partial charge in [0.25, 0.3) is 0 Å². The predicted molar refractivity (Wildman–Crippen MR) is 72.7 cm³/mol. The van der Waals surface area contributed by atoms with Crippen molar-refractivity contribution in [1.29, 1.82) is 0 Å². The van der Waals surface area contributed by atoms with Crippen LogP contribution >= 0.6 is 11.3 Å². The van der Waals surface area contributed by atoms with Crippen molar-refractivity contribution < 1.29 is 9.53 Å². The number of thiazole rings is 1. The number of hydrogen-bond donors (Lipinski definition) is 2. The molecule has 0 aliphatic heterocycles. The van der Waals surface area contributed by atoms with E-state index in [0.717, 1.165) is 17.1 Å². The molecule has 0 bridgehead atoms. The minimum absolute atomic E-state index is 0.0133. The maximum atomic E-state index is 11.7. The van der Waals surface area contributed by atoms with E-state index in [-0.39, 0.29) is 11.9 Å². The molecule has 0 spiro atoms. The smallest absolute Gasteiger partial charge is 0.236 e. The van der Waals surface area contributed by atoms with Crippen LogP contribution in [0.5, 0.6) is 0 Å². The fraction of sp³-hybridized carbons (Fsp3) is 0.667. The van der Waals surface area contributed by atoms with Crippen LogP contribution in [-0.4, -0.2) is 37.2 Å². The maximum absolute atomic E-state index is 11.7. The van der Waals surface area contributed by atoms with Crippen molar-refractivity contribution in [2.24, 2.45) is 0 Å². The van der Waals surface area contributed by atoms with Gasteiger partial charge in [-0.05, 0) is 20.3 Å². The summed E-state index contributed by atoms with van der Waals surface area (Å²) in [4.78, 5) is 16.0. The van der Waals surface area contributed by atoms with Crippen molar-refractivity contribution in [1.82, 2.24) is 15.6 Å². The molecule has 2 N–H and O–H groups in total. The highest BCUT2D eigenvalue weighted by Crippen LogP contribution is 2.08. The Morgan fingerprint density at radius 1 is 1.61 bits per heavy atom. The molecule has 1 aromatic rings. The normalized spacial score (nSPS) is 12.4. The first-order chi connectivity index (χ1) is 8.63. The van der Waals surface area contributed by atoms with E-state index in [9.17, 15) is 4.79 Å². The summed E-state index contributed by atoms with van der Waals surface area (Å²) in [5, 5.41) is 9.03. The summed E-state index contributed by atoms with van der Waals surface area (Å²) in [6.07, 6.45) is 0.834. The van der Waals surface area contributed by atoms with E-state index in [1.807, 2.05) is 19.2 Å². The number of methoxy groups -OCH3 is 1. The van der Waals surface area contributed by atoms with E-state index in [0.29, 0.717) is 19.7 Å². The summed E-state index contributed by atoms with van der Waals surface area (Å²) in [6.45, 7) is 5.76. The standard InChI is InChI=1S/C12H21N3O2S/c1-9-8-18-11(15-9)7-14-10(2)12(16)13-5-4-6-17-3/h8,10,14H,4-7H2,1-3H3,(H,13,16). The van der Waals surface area contributed by atoms with Gasteiger partial charge in [-0.1, -0.05) is 0 Å². The van der Waals surface area contributed by atoms with Crippen LogP contribution in [0.4, 0.5) is 0 Å². The first-order valence-corrected chi connectivity index (χ1v) is 6.92. The van der Waals surface area contributed by atoms with Gasteiger partial charge in [0.2, 0.25) is 5.91 Å². The van der Waals surface area contributed by atoms with Crippen LogP contribution in [-0.2, 0) is 16.1 Å². The average Bonchev–Trinajstić information content (AvgIpc) is 2.77. The van der Waals surface area contributed by atoms with Gasteiger partial charge in [0.15, 0.2) is 0 Å². The molecule has 1 amide bonds. The largest absolute Gasteiger partial charge is 0.385 e. The molecule has 0 fully saturated rings. The Hall–Kier alpha value is -0.980. The summed E-state index contributed by atoms with van der Waals surface area (Å²) < 4.78 is 4.92. The third-order valence-electron chi connectivity index (χ3n) is 2.44. The number of hydrogen-bond acceptors (Lipinski definition) is 5. The highest BCUT2D eigenvalue weighted by atomic mass is 32.1. The highest BCUT2D eigenvalue weighted by molar-refractivity contribution is 7.09. The third kappa shape index (κ3) is 5.57. The SMILES string of the molecule is COCCCNC(=O)C(C)NCc1nc(C)cs1. The second-order valence-corrected chi connectivity index (χ2v) is 5.07. The van der Waals surface area contributed by atoms with Crippen LogP contribution in [0.2, 0.25) is 0 Å². The van der Waals surface area contributed by atoms with Crippen molar-refractivity contribution >= 4 is 17.2 Å². The minimum Gasteiger partial charge on any atom is -0.385 e. The number of rotatable bonds is 8. The van der Waals surface area contributed by atoms with E-state index in [1.54, 1.807) is 18.4 Å². The molecule has 18 heavy (non-hydrogen) atoms. The summed E-state index contributed by atoms with van der Waals surface area (Å²) in [7, 11) is 1.65. The van der Waals surface area contributed by atoms with E-state index < -0.39 is 0 Å². The molecule has 1 heterocycles. The van der Waals surface area contributed by atoms with Gasteiger partial charge in [-0.25, -0.2) is 4.98 Å². The van der Waals surface area contributed by atoms with Crippen LogP contribution in [0.25, 0.3) is 0 Å². The van der Waals surface area contributed by atoms with Crippen molar-refractivity contribution in [3.05, 3.63) is 16.1 Å². The maximum Gasteiger partial charge on any atom is 0.236 e. The molecule has 0 radical (unpaired) electrons. The van der Waals surface area contributed by atoms with Crippen LogP contribution in [0.1, 0.15) is 24.0 Å². The Morgan fingerprint density at radius 3 is 3.00 bits per heavy atom. The molecule has 0 aliphatic carbocycles. The van der Waals surface area contributed by atoms with Crippen molar-refractivity contribution in [3.63, 3.8) is 0 Å². The van der Waals surface area contributed by atoms with Gasteiger partial charge in [0, 0.05) is 37.9 Å². The van der Waals surface area contributed by atoms with Crippen LogP contribution in [0.15, 0.2) is 5.38 Å². The van der Waals surface area contributed by atoms with E-state index in [1.165, 1.54) is 0 Å². The molecule has 0 saturated carbocycles. The molecule has 1 aromatic heterocycles. The lowest BCUT2D eigenvalue weighted by molar-refractivity contribution is -0.122. The van der Waals surface area contributed by atoms with E-state index >= 15 is 0 Å². The van der Waals surface area contributed by atoms with Crippen LogP contribution in [0, 0.1) is 6.92 Å². The molecular weight excluding hydrogens is 250 g/mol. The molecule has 5 nitrogen and oxygen atoms in total. The van der Waals surface area contributed by atoms with Crippen LogP contribution < -0.4 is 10.6 Å². The molecule has 6 heteroatoms. The molecular formula is C12H21N3O2S. The highest BCUT2D eigenvalue weighted by Gasteiger charge is 2.11. The lowest BCUT2D eigenvalue weighted by Crippen LogP contribution is -2.42. The van der Waals surface area contributed by atoms with Crippen molar-refractivity contribution in [3.8, 4) is 0 Å². The van der Waals surface area contributed by atoms with Gasteiger partial charge < -0.3 is 10.1 Å². The fourth-order valence-electron chi connectivity index (χ4n) is 1.40. The topological polar surface area (TPSA) is 63.2 Å². The quantitative estimate of drug-likeness (QED) is 0.695. The van der Waals surface area contributed by atoms with E-state index in [2.05, 4.69) is 15.6 Å². The Labute approximate surface area is 112 Å². The zero-order chi connectivity index (χ0) is 13.4. The predicted octanol–water partition coefficient (Wildman–Crippen LogP) is 1.08. The number of amides is 1. The zero-order valence-corrected chi connectivity index (χ0v) is 12.0. The molecule has 1 atom stereocenters. The molecule has 0 aromatic carbocycles. The van der Waals surface area contributed by atoms with Crippen molar-refractivity contribution in [2.45, 2.75) is 32.9 Å². The molecule has 0 aliphatic rings. The number of carbonyl (C=O) groups is 1. The molecule has 0 saturated heterocycles. The van der Waals surface area contributed by atoms with Gasteiger partial charge in [0.1, 0.15) is 5.01 Å². The molecule has 102 valence electrons. The first-order valence-electron chi connectivity index (χ1n) is 6.04. The Morgan fingerprint density at radius 2 is 2.39 bits per heavy atom. The minimum atomic E-state index is -0.211. The number of nitrogens with zero attached hydrogens (tertiary/aromatic N) is 1. The third-order valence-corrected chi connectivity index (χ3v) is 3.41. The Bertz CT molecular complexity index is 368. The second-order valence-electron chi connectivity index (χ2n) is 4.12. The zero-order valence-electron chi connectivity index (χ0n) is 11.2. The molecule has 1 rings (SSSR count). The second kappa shape index (κ2) is 8.18. The number of nitrogens with one attached hydrogen (secondary N) is 2. The fourth-order valence-corrected chi connectivity index (χ4v) is 2.12. The monoisotopic (exact) mass is 271 g/mol. The van der Waals surface area contributed by atoms with E-state index in [4.69, 9.17) is 4.74 Å². The first kappa shape index (κ1) is 15.1. The van der Waals surface area contributed by atoms with Gasteiger partial charge >= 0.3 is 0 Å². The summed E-state index contributed by atoms with van der Waals surface area (Å²) in [6, 6.07) is -0.211. The van der Waals surface area contributed by atoms with Crippen molar-refractivity contribution in [2.75, 3.05) is 20.3 Å². The summed E-state index contributed by atoms with van der Waals surface area (Å²) >= 11 is 1.61.